The zero-order chi connectivity index (χ0) is 19.1. The van der Waals surface area contributed by atoms with Gasteiger partial charge in [-0.15, -0.1) is 0 Å². The molecule has 0 saturated carbocycles. The van der Waals surface area contributed by atoms with Crippen molar-refractivity contribution in [2.24, 2.45) is 0 Å². The zero-order valence-corrected chi connectivity index (χ0v) is 15.4. The third-order valence-electron chi connectivity index (χ3n) is 3.69. The Morgan fingerprint density at radius 1 is 0.926 bits per heavy atom. The average molecular weight is 379 g/mol. The molecule has 2 aromatic carbocycles. The molecule has 0 atom stereocenters. The lowest BCUT2D eigenvalue weighted by Crippen LogP contribution is -2.15. The van der Waals surface area contributed by atoms with Crippen LogP contribution >= 0.6 is 11.8 Å². The molecule has 5 nitrogen and oxygen atoms in total. The summed E-state index contributed by atoms with van der Waals surface area (Å²) in [4.78, 5) is 30.1. The number of esters is 1. The molecule has 136 valence electrons. The molecule has 0 N–H and O–H groups in total. The molecule has 0 aliphatic carbocycles. The van der Waals surface area contributed by atoms with Gasteiger partial charge in [-0.2, -0.15) is 0 Å². The van der Waals surface area contributed by atoms with Crippen molar-refractivity contribution in [2.75, 3.05) is 13.7 Å². The monoisotopic (exact) mass is 379 g/mol. The van der Waals surface area contributed by atoms with E-state index >= 15 is 0 Å². The van der Waals surface area contributed by atoms with Crippen molar-refractivity contribution in [3.8, 4) is 5.75 Å². The number of ketones is 1. The molecule has 0 aliphatic rings. The fraction of sp³-hybridized carbons (Fsp3) is 0.0952. The van der Waals surface area contributed by atoms with Crippen LogP contribution in [0.2, 0.25) is 0 Å². The first-order valence-corrected chi connectivity index (χ1v) is 9.02. The van der Waals surface area contributed by atoms with Crippen molar-refractivity contribution in [2.45, 2.75) is 9.92 Å². The average Bonchev–Trinajstić information content (AvgIpc) is 2.73. The molecule has 0 fully saturated rings. The van der Waals surface area contributed by atoms with E-state index in [-0.39, 0.29) is 12.4 Å². The molecule has 27 heavy (non-hydrogen) atoms. The Morgan fingerprint density at radius 3 is 2.41 bits per heavy atom. The van der Waals surface area contributed by atoms with E-state index in [0.29, 0.717) is 21.9 Å². The lowest BCUT2D eigenvalue weighted by molar-refractivity contribution is 0.0469. The molecule has 3 aromatic rings. The van der Waals surface area contributed by atoms with Crippen molar-refractivity contribution in [1.82, 2.24) is 4.98 Å². The summed E-state index contributed by atoms with van der Waals surface area (Å²) >= 11 is 1.36. The Balaban J connectivity index is 1.71. The van der Waals surface area contributed by atoms with Crippen LogP contribution in [-0.2, 0) is 4.74 Å². The number of carbonyl (C=O) groups excluding carboxylic acids is 2. The second-order valence-electron chi connectivity index (χ2n) is 5.47. The molecular weight excluding hydrogens is 362 g/mol. The smallest absolute Gasteiger partial charge is 0.341 e. The molecule has 0 amide bonds. The Labute approximate surface area is 161 Å². The lowest BCUT2D eigenvalue weighted by Gasteiger charge is -2.10. The number of pyridine rings is 1. The number of rotatable bonds is 7. The number of Topliss-reactive ketones (excluding diaryl/α,β-unsaturated/α-hetero) is 1. The molecule has 0 radical (unpaired) electrons. The van der Waals surface area contributed by atoms with Gasteiger partial charge in [0.2, 0.25) is 5.78 Å². The molecule has 0 spiro atoms. The van der Waals surface area contributed by atoms with Gasteiger partial charge in [0, 0.05) is 11.1 Å². The van der Waals surface area contributed by atoms with E-state index in [1.165, 1.54) is 18.9 Å². The fourth-order valence-corrected chi connectivity index (χ4v) is 3.28. The van der Waals surface area contributed by atoms with Gasteiger partial charge < -0.3 is 9.47 Å². The number of ether oxygens (including phenoxy) is 2. The number of benzene rings is 2. The maximum atomic E-state index is 12.5. The van der Waals surface area contributed by atoms with E-state index in [1.807, 2.05) is 30.3 Å². The Bertz CT molecular complexity index is 944. The first-order valence-electron chi connectivity index (χ1n) is 8.20. The third-order valence-corrected chi connectivity index (χ3v) is 4.72. The maximum absolute atomic E-state index is 12.5. The van der Waals surface area contributed by atoms with E-state index in [0.717, 1.165) is 4.90 Å². The molecule has 3 rings (SSSR count). The molecule has 0 unspecified atom stereocenters. The largest absolute Gasteiger partial charge is 0.496 e. The van der Waals surface area contributed by atoms with Crippen LogP contribution in [-0.4, -0.2) is 30.5 Å². The predicted octanol–water partition coefficient (Wildman–Crippen LogP) is 4.28. The van der Waals surface area contributed by atoms with Crippen LogP contribution in [0.15, 0.2) is 82.8 Å². The zero-order valence-electron chi connectivity index (χ0n) is 14.6. The second kappa shape index (κ2) is 9.00. The minimum Gasteiger partial charge on any atom is -0.496 e. The molecule has 0 aliphatic heterocycles. The van der Waals surface area contributed by atoms with Crippen LogP contribution in [0.5, 0.6) is 5.75 Å². The Kier molecular flexibility index (Phi) is 6.22. The van der Waals surface area contributed by atoms with E-state index in [4.69, 9.17) is 9.47 Å². The highest BCUT2D eigenvalue weighted by Crippen LogP contribution is 2.28. The van der Waals surface area contributed by atoms with Crippen LogP contribution in [0, 0.1) is 0 Å². The second-order valence-corrected chi connectivity index (χ2v) is 6.53. The van der Waals surface area contributed by atoms with E-state index in [1.54, 1.807) is 42.6 Å². The standard InChI is InChI=1S/C21H17NO4S/c1-25-19-12-6-5-10-16(19)18(23)14-26-21(24)17-11-7-13-22-20(17)27-15-8-3-2-4-9-15/h2-13H,14H2,1H3. The summed E-state index contributed by atoms with van der Waals surface area (Å²) in [6.07, 6.45) is 1.61. The number of nitrogens with zero attached hydrogens (tertiary/aromatic N) is 1. The van der Waals surface area contributed by atoms with Crippen molar-refractivity contribution < 1.29 is 19.1 Å². The molecule has 0 bridgehead atoms. The summed E-state index contributed by atoms with van der Waals surface area (Å²) in [6, 6.07) is 19.7. The SMILES string of the molecule is COc1ccccc1C(=O)COC(=O)c1cccnc1Sc1ccccc1. The van der Waals surface area contributed by atoms with Crippen LogP contribution < -0.4 is 4.74 Å². The Morgan fingerprint density at radius 2 is 1.63 bits per heavy atom. The lowest BCUT2D eigenvalue weighted by atomic mass is 10.1. The summed E-state index contributed by atoms with van der Waals surface area (Å²) in [7, 11) is 1.49. The van der Waals surface area contributed by atoms with Gasteiger partial charge in [-0.3, -0.25) is 4.79 Å². The summed E-state index contributed by atoms with van der Waals surface area (Å²) in [5, 5.41) is 0.526. The first-order chi connectivity index (χ1) is 13.2. The van der Waals surface area contributed by atoms with Crippen molar-refractivity contribution in [3.63, 3.8) is 0 Å². The molecule has 1 heterocycles. The summed E-state index contributed by atoms with van der Waals surface area (Å²) in [5.41, 5.74) is 0.692. The molecule has 1 aromatic heterocycles. The summed E-state index contributed by atoms with van der Waals surface area (Å²) < 4.78 is 10.4. The minimum absolute atomic E-state index is 0.319. The van der Waals surface area contributed by atoms with Gasteiger partial charge in [0.1, 0.15) is 10.8 Å². The van der Waals surface area contributed by atoms with Crippen molar-refractivity contribution in [1.29, 1.82) is 0 Å². The highest BCUT2D eigenvalue weighted by atomic mass is 32.2. The molecule has 6 heteroatoms. The maximum Gasteiger partial charge on any atom is 0.341 e. The van der Waals surface area contributed by atoms with Gasteiger partial charge in [0.05, 0.1) is 18.2 Å². The van der Waals surface area contributed by atoms with Gasteiger partial charge >= 0.3 is 5.97 Å². The Hall–Kier alpha value is -3.12. The van der Waals surface area contributed by atoms with Gasteiger partial charge in [0.15, 0.2) is 6.61 Å². The topological polar surface area (TPSA) is 65.5 Å². The quantitative estimate of drug-likeness (QED) is 0.451. The summed E-state index contributed by atoms with van der Waals surface area (Å²) in [5.74, 6) is -0.480. The predicted molar refractivity (Wildman–Crippen MR) is 102 cm³/mol. The van der Waals surface area contributed by atoms with Crippen LogP contribution in [0.1, 0.15) is 20.7 Å². The van der Waals surface area contributed by atoms with Crippen LogP contribution in [0.25, 0.3) is 0 Å². The van der Waals surface area contributed by atoms with Crippen molar-refractivity contribution >= 4 is 23.5 Å². The number of hydrogen-bond donors (Lipinski definition) is 0. The van der Waals surface area contributed by atoms with Gasteiger partial charge in [-0.05, 0) is 36.4 Å². The summed E-state index contributed by atoms with van der Waals surface area (Å²) in [6.45, 7) is -0.371. The number of aromatic nitrogens is 1. The number of hydrogen-bond acceptors (Lipinski definition) is 6. The van der Waals surface area contributed by atoms with Crippen molar-refractivity contribution in [3.05, 3.63) is 84.1 Å². The minimum atomic E-state index is -0.593. The van der Waals surface area contributed by atoms with Crippen LogP contribution in [0.3, 0.4) is 0 Å². The number of carbonyl (C=O) groups is 2. The molecular formula is C21H17NO4S. The van der Waals surface area contributed by atoms with Gasteiger partial charge in [0.25, 0.3) is 0 Å². The first kappa shape index (κ1) is 18.7. The molecule has 0 saturated heterocycles. The van der Waals surface area contributed by atoms with E-state index in [2.05, 4.69) is 4.98 Å². The normalized spacial score (nSPS) is 10.3. The fourth-order valence-electron chi connectivity index (χ4n) is 2.39. The number of methoxy groups -OCH3 is 1. The van der Waals surface area contributed by atoms with Gasteiger partial charge in [-0.25, -0.2) is 9.78 Å². The third kappa shape index (κ3) is 4.74. The van der Waals surface area contributed by atoms with Crippen LogP contribution in [0.4, 0.5) is 0 Å². The van der Waals surface area contributed by atoms with Gasteiger partial charge in [-0.1, -0.05) is 42.1 Å². The van der Waals surface area contributed by atoms with E-state index in [9.17, 15) is 9.59 Å². The highest BCUT2D eigenvalue weighted by Gasteiger charge is 2.18. The highest BCUT2D eigenvalue weighted by molar-refractivity contribution is 7.99. The number of para-hydroxylation sites is 1. The van der Waals surface area contributed by atoms with E-state index < -0.39 is 5.97 Å².